The summed E-state index contributed by atoms with van der Waals surface area (Å²) in [5, 5.41) is 2.27. The van der Waals surface area contributed by atoms with Crippen molar-refractivity contribution >= 4 is 55.7 Å². The van der Waals surface area contributed by atoms with E-state index in [0.717, 1.165) is 39.7 Å². The molecule has 0 atom stereocenters. The first kappa shape index (κ1) is 21.5. The Labute approximate surface area is 192 Å². The number of carbonyl (C=O) groups excluding carboxylic acids is 1. The van der Waals surface area contributed by atoms with E-state index in [1.165, 1.54) is 4.70 Å². The van der Waals surface area contributed by atoms with Crippen molar-refractivity contribution in [2.24, 2.45) is 0 Å². The van der Waals surface area contributed by atoms with E-state index in [-0.39, 0.29) is 5.91 Å². The van der Waals surface area contributed by atoms with Crippen LogP contribution in [0.25, 0.3) is 20.2 Å². The molecule has 3 aromatic rings. The number of benzene rings is 2. The van der Waals surface area contributed by atoms with Gasteiger partial charge in [-0.05, 0) is 32.0 Å². The molecule has 0 aliphatic carbocycles. The van der Waals surface area contributed by atoms with Gasteiger partial charge in [-0.25, -0.2) is 0 Å². The van der Waals surface area contributed by atoms with Crippen LogP contribution in [0.1, 0.15) is 13.8 Å². The largest absolute Gasteiger partial charge is 0.564 e. The lowest BCUT2D eigenvalue weighted by molar-refractivity contribution is -0.120. The number of hydrogen-bond donors (Lipinski definition) is 0. The molecular formula is C24H27BN2O4S. The predicted molar refractivity (Wildman–Crippen MR) is 131 cm³/mol. The van der Waals surface area contributed by atoms with Crippen molar-refractivity contribution in [2.45, 2.75) is 19.4 Å². The van der Waals surface area contributed by atoms with Crippen molar-refractivity contribution in [1.82, 2.24) is 4.90 Å². The molecular weight excluding hydrogens is 423 g/mol. The Morgan fingerprint density at radius 2 is 2.00 bits per heavy atom. The molecule has 2 aliphatic rings. The molecule has 0 radical (unpaired) electrons. The molecule has 0 bridgehead atoms. The Hall–Kier alpha value is -2.39. The van der Waals surface area contributed by atoms with Crippen molar-refractivity contribution < 1.29 is 18.8 Å². The molecule has 5 rings (SSSR count). The molecule has 0 spiro atoms. The van der Waals surface area contributed by atoms with E-state index < -0.39 is 12.7 Å². The summed E-state index contributed by atoms with van der Waals surface area (Å²) < 4.78 is 19.8. The summed E-state index contributed by atoms with van der Waals surface area (Å²) >= 11 is 1.72. The third-order valence-electron chi connectivity index (χ3n) is 6.31. The maximum atomic E-state index is 12.9. The zero-order valence-electron chi connectivity index (χ0n) is 18.7. The van der Waals surface area contributed by atoms with Crippen LogP contribution in [0.4, 0.5) is 5.69 Å². The Morgan fingerprint density at radius 3 is 2.72 bits per heavy atom. The van der Waals surface area contributed by atoms with Crippen LogP contribution < -0.4 is 10.4 Å². The quantitative estimate of drug-likeness (QED) is 0.571. The fraction of sp³-hybridized carbons (Fsp3) is 0.375. The van der Waals surface area contributed by atoms with Crippen molar-refractivity contribution in [2.75, 3.05) is 44.8 Å². The van der Waals surface area contributed by atoms with Crippen molar-refractivity contribution in [3.05, 3.63) is 48.7 Å². The molecule has 6 nitrogen and oxygen atoms in total. The maximum absolute atomic E-state index is 12.9. The van der Waals surface area contributed by atoms with E-state index in [0.29, 0.717) is 25.5 Å². The topological polar surface area (TPSA) is 51.2 Å². The van der Waals surface area contributed by atoms with Crippen molar-refractivity contribution in [3.63, 3.8) is 0 Å². The number of morpholine rings is 1. The average Bonchev–Trinajstić information content (AvgIpc) is 3.29. The third kappa shape index (κ3) is 3.81. The summed E-state index contributed by atoms with van der Waals surface area (Å²) in [6.07, 6.45) is 0. The summed E-state index contributed by atoms with van der Waals surface area (Å²) in [5.74, 6) is 0.725. The number of amides is 1. The van der Waals surface area contributed by atoms with Crippen LogP contribution in [0.3, 0.4) is 0 Å². The molecule has 1 amide bonds. The van der Waals surface area contributed by atoms with Crippen LogP contribution in [0.5, 0.6) is 0 Å². The fourth-order valence-corrected chi connectivity index (χ4v) is 5.36. The Kier molecular flexibility index (Phi) is 5.49. The fourth-order valence-electron chi connectivity index (χ4n) is 4.16. The van der Waals surface area contributed by atoms with E-state index in [1.54, 1.807) is 16.2 Å². The maximum Gasteiger partial charge on any atom is 0.564 e. The lowest BCUT2D eigenvalue weighted by Gasteiger charge is -2.28. The summed E-state index contributed by atoms with van der Waals surface area (Å²) in [4.78, 5) is 16.8. The number of ether oxygens (including phenoxy) is 1. The van der Waals surface area contributed by atoms with Gasteiger partial charge in [-0.15, -0.1) is 11.3 Å². The lowest BCUT2D eigenvalue weighted by Crippen LogP contribution is -2.43. The van der Waals surface area contributed by atoms with Crippen LogP contribution in [0, 0.1) is 0 Å². The van der Waals surface area contributed by atoms with Gasteiger partial charge in [-0.2, -0.15) is 0 Å². The van der Waals surface area contributed by atoms with Gasteiger partial charge in [0.05, 0.1) is 25.5 Å². The molecule has 2 fully saturated rings. The highest BCUT2D eigenvalue weighted by atomic mass is 32.1. The van der Waals surface area contributed by atoms with Gasteiger partial charge in [0.2, 0.25) is 5.91 Å². The summed E-state index contributed by atoms with van der Waals surface area (Å²) in [6, 6.07) is 12.4. The molecule has 166 valence electrons. The number of nitrogens with zero attached hydrogens (tertiary/aromatic N) is 2. The predicted octanol–water partition coefficient (Wildman–Crippen LogP) is 3.38. The smallest absolute Gasteiger partial charge is 0.534 e. The van der Waals surface area contributed by atoms with Gasteiger partial charge in [-0.3, -0.25) is 9.69 Å². The first-order valence-corrected chi connectivity index (χ1v) is 11.7. The van der Waals surface area contributed by atoms with Gasteiger partial charge in [0.1, 0.15) is 5.60 Å². The number of thiophene rings is 1. The molecule has 2 aromatic carbocycles. The van der Waals surface area contributed by atoms with Crippen LogP contribution in [0.2, 0.25) is 0 Å². The first-order chi connectivity index (χ1) is 15.3. The number of carbonyl (C=O) groups is 1. The number of likely N-dealkylation sites (N-methyl/N-ethyl adjacent to an activating group) is 1. The summed E-state index contributed by atoms with van der Waals surface area (Å²) in [6.45, 7) is 11.3. The minimum atomic E-state index is -0.514. The van der Waals surface area contributed by atoms with E-state index in [2.05, 4.69) is 35.7 Å². The van der Waals surface area contributed by atoms with E-state index >= 15 is 0 Å². The highest BCUT2D eigenvalue weighted by Gasteiger charge is 2.43. The van der Waals surface area contributed by atoms with Crippen LogP contribution in [-0.4, -0.2) is 63.4 Å². The second kappa shape index (κ2) is 8.19. The molecule has 0 unspecified atom stereocenters. The van der Waals surface area contributed by atoms with Gasteiger partial charge in [0.25, 0.3) is 0 Å². The van der Waals surface area contributed by atoms with Crippen molar-refractivity contribution in [3.8, 4) is 0 Å². The molecule has 8 heteroatoms. The molecule has 2 saturated heterocycles. The van der Waals surface area contributed by atoms with Gasteiger partial charge in [-0.1, -0.05) is 24.8 Å². The molecule has 3 heterocycles. The molecule has 1 aromatic heterocycles. The summed E-state index contributed by atoms with van der Waals surface area (Å²) in [7, 11) is 1.38. The minimum absolute atomic E-state index is 0.0833. The zero-order chi connectivity index (χ0) is 22.5. The highest BCUT2D eigenvalue weighted by molar-refractivity contribution is 7.27. The molecule has 2 aliphatic heterocycles. The van der Waals surface area contributed by atoms with Gasteiger partial charge >= 0.3 is 7.12 Å². The van der Waals surface area contributed by atoms with Crippen molar-refractivity contribution in [1.29, 1.82) is 0 Å². The van der Waals surface area contributed by atoms with Crippen LogP contribution in [-0.2, 0) is 18.8 Å². The second-order valence-electron chi connectivity index (χ2n) is 8.85. The molecule has 0 N–H and O–H groups in total. The van der Waals surface area contributed by atoms with Gasteiger partial charge in [0, 0.05) is 51.5 Å². The van der Waals surface area contributed by atoms with E-state index in [1.807, 2.05) is 33.0 Å². The standard InChI is InChI=1S/C24H27BN2O4S/c1-16-24(2,3)31-25(30-16)20-7-5-6-18-19-14-17(8-9-21(19)32-23(18)20)26(4)22(28)15-27-10-12-29-13-11-27/h5-9,14H,1,10-13,15H2,2-4H3. The highest BCUT2D eigenvalue weighted by Crippen LogP contribution is 2.37. The van der Waals surface area contributed by atoms with Gasteiger partial charge < -0.3 is 18.9 Å². The Bertz CT molecular complexity index is 1200. The monoisotopic (exact) mass is 450 g/mol. The van der Waals surface area contributed by atoms with E-state index in [4.69, 9.17) is 14.0 Å². The second-order valence-corrected chi connectivity index (χ2v) is 9.90. The minimum Gasteiger partial charge on any atom is -0.534 e. The average molecular weight is 450 g/mol. The third-order valence-corrected chi connectivity index (χ3v) is 7.55. The van der Waals surface area contributed by atoms with E-state index in [9.17, 15) is 4.79 Å². The Morgan fingerprint density at radius 1 is 1.22 bits per heavy atom. The number of rotatable bonds is 4. The summed E-state index contributed by atoms with van der Waals surface area (Å²) in [5.41, 5.74) is 1.39. The zero-order valence-corrected chi connectivity index (χ0v) is 19.5. The number of anilines is 1. The van der Waals surface area contributed by atoms with Crippen LogP contribution in [0.15, 0.2) is 48.7 Å². The lowest BCUT2D eigenvalue weighted by atomic mass is 9.78. The molecule has 32 heavy (non-hydrogen) atoms. The van der Waals surface area contributed by atoms with Gasteiger partial charge in [0.15, 0.2) is 0 Å². The first-order valence-electron chi connectivity index (χ1n) is 10.9. The molecule has 0 saturated carbocycles. The Balaban J connectivity index is 1.46. The number of hydrogen-bond acceptors (Lipinski definition) is 6. The number of fused-ring (bicyclic) bond motifs is 3. The van der Waals surface area contributed by atoms with Crippen LogP contribution >= 0.6 is 11.3 Å². The SMILES string of the molecule is C=C1OB(c2cccc3c2sc2ccc(N(C)C(=O)CN4CCOCC4)cc23)OC1(C)C. The normalized spacial score (nSPS) is 19.0.